The van der Waals surface area contributed by atoms with Gasteiger partial charge in [0.05, 0.1) is 5.69 Å². The average Bonchev–Trinajstić information content (AvgIpc) is 2.66. The molecule has 3 nitrogen and oxygen atoms in total. The number of nitrogen functional groups attached to an aromatic ring is 1. The lowest BCUT2D eigenvalue weighted by molar-refractivity contribution is 0.401. The van der Waals surface area contributed by atoms with Crippen molar-refractivity contribution < 1.29 is 0 Å². The van der Waals surface area contributed by atoms with Crippen LogP contribution in [0, 0.1) is 5.41 Å². The monoisotopic (exact) mass is 277 g/mol. The van der Waals surface area contributed by atoms with Crippen LogP contribution in [0.2, 0.25) is 0 Å². The normalized spacial score (nSPS) is 17.9. The van der Waals surface area contributed by atoms with Crippen LogP contribution in [0.1, 0.15) is 90.2 Å². The highest BCUT2D eigenvalue weighted by Gasteiger charge is 2.26. The molecule has 1 saturated carbocycles. The van der Waals surface area contributed by atoms with Crippen molar-refractivity contribution in [2.75, 3.05) is 5.73 Å². The molecule has 114 valence electrons. The Bertz CT molecular complexity index is 446. The third kappa shape index (κ3) is 3.36. The molecule has 0 saturated heterocycles. The van der Waals surface area contributed by atoms with Gasteiger partial charge in [-0.3, -0.25) is 0 Å². The fraction of sp³-hybridized carbons (Fsp3) is 0.824. The van der Waals surface area contributed by atoms with Crippen molar-refractivity contribution in [3.8, 4) is 0 Å². The zero-order valence-electron chi connectivity index (χ0n) is 13.9. The second-order valence-electron chi connectivity index (χ2n) is 7.84. The molecule has 0 aliphatic heterocycles. The summed E-state index contributed by atoms with van der Waals surface area (Å²) in [7, 11) is 0. The number of nitrogens with zero attached hydrogens (tertiary/aromatic N) is 2. The van der Waals surface area contributed by atoms with Gasteiger partial charge in [-0.05, 0) is 38.5 Å². The lowest BCUT2D eigenvalue weighted by Crippen LogP contribution is -2.15. The SMILES string of the molecule is CC(C)n1c(C2CCCCC2)nc(CC(C)(C)C)c1N. The quantitative estimate of drug-likeness (QED) is 0.871. The Kier molecular flexibility index (Phi) is 4.46. The Balaban J connectivity index is 2.36. The minimum atomic E-state index is 0.230. The summed E-state index contributed by atoms with van der Waals surface area (Å²) in [5, 5.41) is 0. The van der Waals surface area contributed by atoms with E-state index in [1.54, 1.807) is 0 Å². The summed E-state index contributed by atoms with van der Waals surface area (Å²) in [6, 6.07) is 0.396. The molecule has 0 bridgehead atoms. The topological polar surface area (TPSA) is 43.8 Å². The van der Waals surface area contributed by atoms with E-state index >= 15 is 0 Å². The largest absolute Gasteiger partial charge is 0.384 e. The Morgan fingerprint density at radius 1 is 1.20 bits per heavy atom. The van der Waals surface area contributed by atoms with Gasteiger partial charge in [-0.2, -0.15) is 0 Å². The van der Waals surface area contributed by atoms with Gasteiger partial charge in [-0.1, -0.05) is 40.0 Å². The molecule has 0 unspecified atom stereocenters. The molecule has 1 aromatic heterocycles. The van der Waals surface area contributed by atoms with Crippen LogP contribution in [0.3, 0.4) is 0 Å². The number of hydrogen-bond acceptors (Lipinski definition) is 2. The first-order valence-corrected chi connectivity index (χ1v) is 8.16. The molecule has 1 aliphatic rings. The van der Waals surface area contributed by atoms with Crippen molar-refractivity contribution in [1.29, 1.82) is 0 Å². The van der Waals surface area contributed by atoms with Gasteiger partial charge in [0.1, 0.15) is 11.6 Å². The first-order chi connectivity index (χ1) is 9.29. The first kappa shape index (κ1) is 15.4. The van der Waals surface area contributed by atoms with Gasteiger partial charge >= 0.3 is 0 Å². The zero-order valence-corrected chi connectivity index (χ0v) is 13.9. The first-order valence-electron chi connectivity index (χ1n) is 8.16. The van der Waals surface area contributed by atoms with Crippen LogP contribution >= 0.6 is 0 Å². The van der Waals surface area contributed by atoms with E-state index in [-0.39, 0.29) is 5.41 Å². The molecular weight excluding hydrogens is 246 g/mol. The molecule has 0 atom stereocenters. The van der Waals surface area contributed by atoms with Crippen LogP contribution in [0.15, 0.2) is 0 Å². The maximum atomic E-state index is 6.42. The lowest BCUT2D eigenvalue weighted by atomic mass is 9.88. The molecule has 2 rings (SSSR count). The second kappa shape index (κ2) is 5.79. The fourth-order valence-electron chi connectivity index (χ4n) is 3.34. The number of anilines is 1. The van der Waals surface area contributed by atoms with Crippen molar-refractivity contribution >= 4 is 5.82 Å². The Hall–Kier alpha value is -0.990. The van der Waals surface area contributed by atoms with Gasteiger partial charge < -0.3 is 10.3 Å². The van der Waals surface area contributed by atoms with Crippen LogP contribution in [-0.4, -0.2) is 9.55 Å². The van der Waals surface area contributed by atoms with Gasteiger partial charge in [0, 0.05) is 12.0 Å². The van der Waals surface area contributed by atoms with Crippen molar-refractivity contribution in [2.45, 2.75) is 85.1 Å². The van der Waals surface area contributed by atoms with Crippen LogP contribution in [-0.2, 0) is 6.42 Å². The molecule has 0 amide bonds. The van der Waals surface area contributed by atoms with Crippen molar-refractivity contribution in [1.82, 2.24) is 9.55 Å². The van der Waals surface area contributed by atoms with Crippen molar-refractivity contribution in [3.63, 3.8) is 0 Å². The second-order valence-corrected chi connectivity index (χ2v) is 7.84. The molecule has 2 N–H and O–H groups in total. The molecule has 1 aromatic rings. The molecular formula is C17H31N3. The predicted molar refractivity (Wildman–Crippen MR) is 86.0 cm³/mol. The van der Waals surface area contributed by atoms with E-state index in [0.29, 0.717) is 12.0 Å². The van der Waals surface area contributed by atoms with Gasteiger partial charge in [0.2, 0.25) is 0 Å². The zero-order chi connectivity index (χ0) is 14.9. The van der Waals surface area contributed by atoms with Crippen LogP contribution in [0.5, 0.6) is 0 Å². The van der Waals surface area contributed by atoms with Gasteiger partial charge in [0.25, 0.3) is 0 Å². The van der Waals surface area contributed by atoms with Crippen LogP contribution in [0.4, 0.5) is 5.82 Å². The maximum absolute atomic E-state index is 6.42. The summed E-state index contributed by atoms with van der Waals surface area (Å²) in [5.74, 6) is 2.76. The maximum Gasteiger partial charge on any atom is 0.127 e. The van der Waals surface area contributed by atoms with Crippen molar-refractivity contribution in [2.24, 2.45) is 5.41 Å². The molecule has 0 spiro atoms. The summed E-state index contributed by atoms with van der Waals surface area (Å²) in [4.78, 5) is 4.98. The summed E-state index contributed by atoms with van der Waals surface area (Å²) in [5.41, 5.74) is 7.75. The summed E-state index contributed by atoms with van der Waals surface area (Å²) >= 11 is 0. The van der Waals surface area contributed by atoms with Crippen LogP contribution < -0.4 is 5.73 Å². The van der Waals surface area contributed by atoms with Crippen LogP contribution in [0.25, 0.3) is 0 Å². The Morgan fingerprint density at radius 2 is 1.80 bits per heavy atom. The number of imidazole rings is 1. The summed E-state index contributed by atoms with van der Waals surface area (Å²) < 4.78 is 2.29. The number of nitrogens with two attached hydrogens (primary N) is 1. The summed E-state index contributed by atoms with van der Waals surface area (Å²) in [6.07, 6.45) is 7.56. The highest BCUT2D eigenvalue weighted by molar-refractivity contribution is 5.40. The molecule has 0 radical (unpaired) electrons. The Morgan fingerprint density at radius 3 is 2.30 bits per heavy atom. The highest BCUT2D eigenvalue weighted by atomic mass is 15.2. The minimum Gasteiger partial charge on any atom is -0.384 e. The third-order valence-electron chi connectivity index (χ3n) is 4.24. The molecule has 3 heteroatoms. The van der Waals surface area contributed by atoms with Crippen molar-refractivity contribution in [3.05, 3.63) is 11.5 Å². The highest BCUT2D eigenvalue weighted by Crippen LogP contribution is 2.36. The Labute approximate surface area is 124 Å². The van der Waals surface area contributed by atoms with E-state index < -0.39 is 0 Å². The van der Waals surface area contributed by atoms with Gasteiger partial charge in [0.15, 0.2) is 0 Å². The smallest absolute Gasteiger partial charge is 0.127 e. The van der Waals surface area contributed by atoms with E-state index in [2.05, 4.69) is 39.2 Å². The standard InChI is InChI=1S/C17H31N3/c1-12(2)20-15(18)14(11-17(3,4)5)19-16(20)13-9-7-6-8-10-13/h12-13H,6-11,18H2,1-5H3. The van der Waals surface area contributed by atoms with E-state index in [1.165, 1.54) is 37.9 Å². The average molecular weight is 277 g/mol. The molecule has 1 fully saturated rings. The molecule has 20 heavy (non-hydrogen) atoms. The van der Waals surface area contributed by atoms with E-state index in [1.807, 2.05) is 0 Å². The minimum absolute atomic E-state index is 0.230. The number of aromatic nitrogens is 2. The summed E-state index contributed by atoms with van der Waals surface area (Å²) in [6.45, 7) is 11.2. The van der Waals surface area contributed by atoms with E-state index in [9.17, 15) is 0 Å². The lowest BCUT2D eigenvalue weighted by Gasteiger charge is -2.24. The molecule has 1 aliphatic carbocycles. The molecule has 0 aromatic carbocycles. The van der Waals surface area contributed by atoms with Gasteiger partial charge in [-0.15, -0.1) is 0 Å². The fourth-order valence-corrected chi connectivity index (χ4v) is 3.34. The number of rotatable bonds is 3. The third-order valence-corrected chi connectivity index (χ3v) is 4.24. The predicted octanol–water partition coefficient (Wildman–Crippen LogP) is 4.68. The van der Waals surface area contributed by atoms with Gasteiger partial charge in [-0.25, -0.2) is 4.98 Å². The molecule has 1 heterocycles. The van der Waals surface area contributed by atoms with E-state index in [0.717, 1.165) is 17.9 Å². The van der Waals surface area contributed by atoms with E-state index in [4.69, 9.17) is 10.7 Å². The number of hydrogen-bond donors (Lipinski definition) is 1.